The first kappa shape index (κ1) is 39.2. The summed E-state index contributed by atoms with van der Waals surface area (Å²) in [6, 6.07) is 16.9. The molecule has 2 unspecified atom stereocenters. The molecule has 5 rings (SSSR count). The van der Waals surface area contributed by atoms with Crippen molar-refractivity contribution in [3.63, 3.8) is 0 Å². The summed E-state index contributed by atoms with van der Waals surface area (Å²) >= 11 is 0. The Balaban J connectivity index is 0.000000236. The molecule has 3 aromatic rings. The SMILES string of the molecule is CCS(=O)(=O)NC1=C(O)C(=O)C(C)(c2ccc(OC)c(OC)c2)O1.COc1ccc(C2(C)OC(NS(=O)(=O)c3ccccc3)=C(O)C2=O)cc1OC. The molecule has 3 aromatic carbocycles. The van der Waals surface area contributed by atoms with Crippen LogP contribution in [-0.2, 0) is 50.3 Å². The molecule has 0 saturated carbocycles. The van der Waals surface area contributed by atoms with E-state index in [1.54, 1.807) is 42.5 Å². The highest BCUT2D eigenvalue weighted by molar-refractivity contribution is 7.89. The van der Waals surface area contributed by atoms with Crippen LogP contribution in [0.3, 0.4) is 0 Å². The first-order chi connectivity index (χ1) is 24.4. The zero-order valence-electron chi connectivity index (χ0n) is 29.2. The fourth-order valence-corrected chi connectivity index (χ4v) is 6.61. The molecule has 0 bridgehead atoms. The molecule has 280 valence electrons. The molecule has 52 heavy (non-hydrogen) atoms. The number of methoxy groups -OCH3 is 4. The molecule has 0 spiro atoms. The minimum Gasteiger partial charge on any atom is -0.501 e. The number of hydrogen-bond donors (Lipinski definition) is 4. The van der Waals surface area contributed by atoms with Gasteiger partial charge in [0.15, 0.2) is 34.2 Å². The number of sulfonamides is 2. The van der Waals surface area contributed by atoms with Crippen LogP contribution in [0.4, 0.5) is 0 Å². The lowest BCUT2D eigenvalue weighted by Crippen LogP contribution is -2.32. The summed E-state index contributed by atoms with van der Waals surface area (Å²) in [5, 5.41) is 20.2. The number of Topliss-reactive ketones (excluding diaryl/α,β-unsaturated/α-hetero) is 2. The van der Waals surface area contributed by atoms with Crippen LogP contribution in [0.25, 0.3) is 0 Å². The van der Waals surface area contributed by atoms with E-state index >= 15 is 0 Å². The number of rotatable bonds is 12. The van der Waals surface area contributed by atoms with Crippen LogP contribution in [0.1, 0.15) is 31.9 Å². The van der Waals surface area contributed by atoms with Crippen molar-refractivity contribution in [2.24, 2.45) is 0 Å². The normalized spacial score (nSPS) is 20.0. The second-order valence-corrected chi connectivity index (χ2v) is 15.0. The molecule has 0 radical (unpaired) electrons. The molecular formula is C34H38N2O14S2. The number of ketones is 2. The van der Waals surface area contributed by atoms with Gasteiger partial charge in [-0.1, -0.05) is 30.3 Å². The molecule has 2 heterocycles. The third kappa shape index (κ3) is 7.52. The third-order valence-corrected chi connectivity index (χ3v) is 10.7. The average Bonchev–Trinajstić information content (AvgIpc) is 3.49. The van der Waals surface area contributed by atoms with Gasteiger partial charge in [-0.3, -0.25) is 14.3 Å². The second kappa shape index (κ2) is 14.9. The van der Waals surface area contributed by atoms with E-state index in [4.69, 9.17) is 28.4 Å². The van der Waals surface area contributed by atoms with Gasteiger partial charge < -0.3 is 38.6 Å². The van der Waals surface area contributed by atoms with E-state index in [1.807, 2.05) is 0 Å². The van der Waals surface area contributed by atoms with Crippen molar-refractivity contribution in [3.8, 4) is 23.0 Å². The molecule has 18 heteroatoms. The number of ether oxygens (including phenoxy) is 6. The highest BCUT2D eigenvalue weighted by atomic mass is 32.2. The zero-order valence-corrected chi connectivity index (χ0v) is 30.8. The van der Waals surface area contributed by atoms with E-state index in [0.717, 1.165) is 0 Å². The van der Waals surface area contributed by atoms with Crippen molar-refractivity contribution in [3.05, 3.63) is 101 Å². The molecule has 16 nitrogen and oxygen atoms in total. The quantitative estimate of drug-likeness (QED) is 0.208. The van der Waals surface area contributed by atoms with Crippen LogP contribution >= 0.6 is 0 Å². The molecule has 2 atom stereocenters. The Hall–Kier alpha value is -5.62. The van der Waals surface area contributed by atoms with E-state index in [2.05, 4.69) is 9.44 Å². The highest BCUT2D eigenvalue weighted by Crippen LogP contribution is 2.42. The summed E-state index contributed by atoms with van der Waals surface area (Å²) < 4.78 is 84.2. The topological polar surface area (TPSA) is 222 Å². The number of aliphatic hydroxyl groups excluding tert-OH is 2. The van der Waals surface area contributed by atoms with Gasteiger partial charge in [-0.2, -0.15) is 0 Å². The molecule has 4 N–H and O–H groups in total. The van der Waals surface area contributed by atoms with Crippen LogP contribution in [-0.4, -0.2) is 72.8 Å². The zero-order chi connectivity index (χ0) is 38.6. The Morgan fingerprint density at radius 1 is 0.635 bits per heavy atom. The van der Waals surface area contributed by atoms with Gasteiger partial charge in [-0.25, -0.2) is 21.6 Å². The second-order valence-electron chi connectivity index (χ2n) is 11.3. The smallest absolute Gasteiger partial charge is 0.264 e. The van der Waals surface area contributed by atoms with E-state index in [0.29, 0.717) is 34.1 Å². The molecule has 2 aliphatic rings. The van der Waals surface area contributed by atoms with Gasteiger partial charge in [0.05, 0.1) is 39.1 Å². The Kier molecular flexibility index (Phi) is 11.2. The van der Waals surface area contributed by atoms with Crippen molar-refractivity contribution in [1.29, 1.82) is 0 Å². The summed E-state index contributed by atoms with van der Waals surface area (Å²) in [6.45, 7) is 4.28. The van der Waals surface area contributed by atoms with Crippen LogP contribution in [0, 0.1) is 0 Å². The Labute approximate surface area is 300 Å². The van der Waals surface area contributed by atoms with Gasteiger partial charge in [0.2, 0.25) is 33.3 Å². The van der Waals surface area contributed by atoms with Crippen molar-refractivity contribution in [1.82, 2.24) is 9.44 Å². The molecule has 0 saturated heterocycles. The Bertz CT molecular complexity index is 2150. The maximum Gasteiger partial charge on any atom is 0.264 e. The third-order valence-electron chi connectivity index (χ3n) is 8.12. The van der Waals surface area contributed by atoms with Crippen LogP contribution in [0.15, 0.2) is 94.9 Å². The van der Waals surface area contributed by atoms with Crippen molar-refractivity contribution >= 4 is 31.6 Å². The maximum atomic E-state index is 12.7. The lowest BCUT2D eigenvalue weighted by molar-refractivity contribution is -0.132. The van der Waals surface area contributed by atoms with Gasteiger partial charge in [-0.05, 0) is 57.2 Å². The number of nitrogens with one attached hydrogen (secondary N) is 2. The Morgan fingerprint density at radius 3 is 1.42 bits per heavy atom. The van der Waals surface area contributed by atoms with Gasteiger partial charge in [0.1, 0.15) is 0 Å². The number of benzene rings is 3. The number of hydrogen-bond acceptors (Lipinski definition) is 14. The lowest BCUT2D eigenvalue weighted by atomic mass is 9.91. The number of carbonyl (C=O) groups excluding carboxylic acids is 2. The van der Waals surface area contributed by atoms with Crippen LogP contribution in [0.2, 0.25) is 0 Å². The summed E-state index contributed by atoms with van der Waals surface area (Å²) in [7, 11) is -1.92. The molecule has 0 amide bonds. The van der Waals surface area contributed by atoms with E-state index < -0.39 is 66.1 Å². The van der Waals surface area contributed by atoms with Crippen molar-refractivity contribution in [2.45, 2.75) is 36.9 Å². The highest BCUT2D eigenvalue weighted by Gasteiger charge is 2.50. The van der Waals surface area contributed by atoms with E-state index in [9.17, 15) is 36.6 Å². The van der Waals surface area contributed by atoms with E-state index in [-0.39, 0.29) is 10.6 Å². The first-order valence-corrected chi connectivity index (χ1v) is 18.4. The summed E-state index contributed by atoms with van der Waals surface area (Å²) in [6.07, 6.45) is 0. The first-order valence-electron chi connectivity index (χ1n) is 15.3. The van der Waals surface area contributed by atoms with Crippen LogP contribution in [0.5, 0.6) is 23.0 Å². The summed E-state index contributed by atoms with van der Waals surface area (Å²) in [5.41, 5.74) is -2.49. The van der Waals surface area contributed by atoms with Gasteiger partial charge in [0, 0.05) is 11.1 Å². The molecule has 2 aliphatic heterocycles. The average molecular weight is 763 g/mol. The molecule has 0 fully saturated rings. The number of carbonyl (C=O) groups is 2. The van der Waals surface area contributed by atoms with Crippen molar-refractivity contribution < 1.29 is 65.1 Å². The standard InChI is InChI=1S/C19H19NO7S.C15H19NO7S/c1-19(12-9-10-14(25-2)15(11-12)26-3)17(22)16(21)18(27-19)20-28(23,24)13-7-5-4-6-8-13;1-5-24(19,20)16-14-12(17)13(18)15(2,23-14)9-6-7-10(21-3)11(8-9)22-4/h4-11,20-21H,1-3H3;6-8,16-17H,5H2,1-4H3. The Morgan fingerprint density at radius 2 is 1.04 bits per heavy atom. The minimum atomic E-state index is -4.05. The van der Waals surface area contributed by atoms with Gasteiger partial charge in [-0.15, -0.1) is 0 Å². The predicted molar refractivity (Wildman–Crippen MR) is 185 cm³/mol. The predicted octanol–water partition coefficient (Wildman–Crippen LogP) is 3.41. The van der Waals surface area contributed by atoms with Crippen LogP contribution < -0.4 is 28.4 Å². The molecular weight excluding hydrogens is 725 g/mol. The van der Waals surface area contributed by atoms with Gasteiger partial charge in [0.25, 0.3) is 21.6 Å². The monoisotopic (exact) mass is 762 g/mol. The molecule has 0 aromatic heterocycles. The minimum absolute atomic E-state index is 0.0360. The fraction of sp³-hybridized carbons (Fsp3) is 0.294. The maximum absolute atomic E-state index is 12.7. The largest absolute Gasteiger partial charge is 0.501 e. The lowest BCUT2D eigenvalue weighted by Gasteiger charge is -2.24. The molecule has 0 aliphatic carbocycles. The summed E-state index contributed by atoms with van der Waals surface area (Å²) in [5.74, 6) is -2.75. The fourth-order valence-electron chi connectivity index (χ4n) is 5.03. The van der Waals surface area contributed by atoms with Gasteiger partial charge >= 0.3 is 0 Å². The van der Waals surface area contributed by atoms with Crippen molar-refractivity contribution in [2.75, 3.05) is 34.2 Å². The number of aliphatic hydroxyl groups is 2. The van der Waals surface area contributed by atoms with E-state index in [1.165, 1.54) is 73.5 Å². The summed E-state index contributed by atoms with van der Waals surface area (Å²) in [4.78, 5) is 25.1.